The lowest BCUT2D eigenvalue weighted by Crippen LogP contribution is -2.32. The molecule has 0 amide bonds. The van der Waals surface area contributed by atoms with E-state index in [-0.39, 0.29) is 6.04 Å². The Morgan fingerprint density at radius 1 is 1.59 bits per heavy atom. The van der Waals surface area contributed by atoms with Gasteiger partial charge in [0.15, 0.2) is 0 Å². The highest BCUT2D eigenvalue weighted by Crippen LogP contribution is 2.27. The van der Waals surface area contributed by atoms with E-state index in [0.29, 0.717) is 5.25 Å². The number of thioether (sulfide) groups is 1. The zero-order chi connectivity index (χ0) is 12.8. The summed E-state index contributed by atoms with van der Waals surface area (Å²) in [7, 11) is 0. The lowest BCUT2D eigenvalue weighted by molar-refractivity contribution is 0.525. The van der Waals surface area contributed by atoms with Crippen LogP contribution in [-0.2, 0) is 6.54 Å². The molecule has 0 aliphatic rings. The lowest BCUT2D eigenvalue weighted by atomic mass is 10.2. The van der Waals surface area contributed by atoms with Crippen LogP contribution in [-0.4, -0.2) is 20.8 Å². The van der Waals surface area contributed by atoms with E-state index >= 15 is 0 Å². The standard InChI is InChI=1S/C11H21BrN4S/c1-4-8(3)17-7-10(15-13)11-9(12)6-14-16(11)5-2/h6,8,10,15H,4-5,7,13H2,1-3H3. The van der Waals surface area contributed by atoms with Crippen molar-refractivity contribution < 1.29 is 0 Å². The van der Waals surface area contributed by atoms with Crippen LogP contribution >= 0.6 is 27.7 Å². The Bertz CT molecular complexity index is 342. The number of hydrogen-bond acceptors (Lipinski definition) is 4. The number of nitrogens with two attached hydrogens (primary N) is 1. The van der Waals surface area contributed by atoms with E-state index in [0.717, 1.165) is 22.5 Å². The highest BCUT2D eigenvalue weighted by Gasteiger charge is 2.19. The van der Waals surface area contributed by atoms with Crippen molar-refractivity contribution in [1.82, 2.24) is 15.2 Å². The summed E-state index contributed by atoms with van der Waals surface area (Å²) in [5.74, 6) is 6.61. The number of rotatable bonds is 7. The molecule has 0 aromatic carbocycles. The third-order valence-corrected chi connectivity index (χ3v) is 4.83. The molecule has 6 heteroatoms. The van der Waals surface area contributed by atoms with Crippen molar-refractivity contribution in [1.29, 1.82) is 0 Å². The van der Waals surface area contributed by atoms with Gasteiger partial charge in [0, 0.05) is 17.5 Å². The first-order valence-corrected chi connectivity index (χ1v) is 7.77. The molecule has 1 aromatic heterocycles. The Labute approximate surface area is 116 Å². The Morgan fingerprint density at radius 3 is 2.82 bits per heavy atom. The molecule has 0 fully saturated rings. The van der Waals surface area contributed by atoms with E-state index in [1.807, 2.05) is 22.6 Å². The first-order chi connectivity index (χ1) is 8.13. The summed E-state index contributed by atoms with van der Waals surface area (Å²) in [5, 5.41) is 4.97. The van der Waals surface area contributed by atoms with Crippen molar-refractivity contribution in [2.75, 3.05) is 5.75 Å². The van der Waals surface area contributed by atoms with Crippen LogP contribution in [0.15, 0.2) is 10.7 Å². The number of aromatic nitrogens is 2. The summed E-state index contributed by atoms with van der Waals surface area (Å²) in [5.41, 5.74) is 4.02. The van der Waals surface area contributed by atoms with Gasteiger partial charge in [-0.05, 0) is 29.3 Å². The summed E-state index contributed by atoms with van der Waals surface area (Å²) in [6, 6.07) is 0.130. The van der Waals surface area contributed by atoms with Crippen molar-refractivity contribution in [2.24, 2.45) is 5.84 Å². The van der Waals surface area contributed by atoms with Crippen LogP contribution in [0.2, 0.25) is 0 Å². The average molecular weight is 321 g/mol. The molecule has 1 heterocycles. The quantitative estimate of drug-likeness (QED) is 0.599. The van der Waals surface area contributed by atoms with Gasteiger partial charge in [0.2, 0.25) is 0 Å². The maximum Gasteiger partial charge on any atom is 0.0730 e. The summed E-state index contributed by atoms with van der Waals surface area (Å²) < 4.78 is 3.00. The summed E-state index contributed by atoms with van der Waals surface area (Å²) in [6.07, 6.45) is 3.01. The minimum atomic E-state index is 0.130. The first kappa shape index (κ1) is 15.0. The van der Waals surface area contributed by atoms with E-state index in [1.54, 1.807) is 0 Å². The van der Waals surface area contributed by atoms with Crippen LogP contribution in [0.25, 0.3) is 0 Å². The molecule has 0 aliphatic heterocycles. The van der Waals surface area contributed by atoms with Crippen LogP contribution in [0.1, 0.15) is 38.9 Å². The Morgan fingerprint density at radius 2 is 2.29 bits per heavy atom. The number of hydrazine groups is 1. The van der Waals surface area contributed by atoms with Gasteiger partial charge in [-0.15, -0.1) is 0 Å². The third-order valence-electron chi connectivity index (χ3n) is 2.79. The molecule has 0 bridgehead atoms. The second-order valence-electron chi connectivity index (χ2n) is 3.96. The highest BCUT2D eigenvalue weighted by atomic mass is 79.9. The molecule has 2 unspecified atom stereocenters. The lowest BCUT2D eigenvalue weighted by Gasteiger charge is -2.19. The van der Waals surface area contributed by atoms with Gasteiger partial charge in [0.1, 0.15) is 0 Å². The van der Waals surface area contributed by atoms with E-state index in [1.165, 1.54) is 6.42 Å². The van der Waals surface area contributed by atoms with Gasteiger partial charge >= 0.3 is 0 Å². The smallest absolute Gasteiger partial charge is 0.0730 e. The summed E-state index contributed by atoms with van der Waals surface area (Å²) >= 11 is 5.47. The predicted octanol–water partition coefficient (Wildman–Crippen LogP) is 2.70. The van der Waals surface area contributed by atoms with Gasteiger partial charge in [0.25, 0.3) is 0 Å². The number of halogens is 1. The van der Waals surface area contributed by atoms with Crippen molar-refractivity contribution in [2.45, 2.75) is 45.0 Å². The number of aryl methyl sites for hydroxylation is 1. The molecule has 0 spiro atoms. The van der Waals surface area contributed by atoms with E-state index in [9.17, 15) is 0 Å². The van der Waals surface area contributed by atoms with Crippen LogP contribution in [0, 0.1) is 0 Å². The van der Waals surface area contributed by atoms with Gasteiger partial charge in [0.05, 0.1) is 22.4 Å². The van der Waals surface area contributed by atoms with Crippen molar-refractivity contribution in [3.8, 4) is 0 Å². The van der Waals surface area contributed by atoms with Crippen molar-refractivity contribution in [3.05, 3.63) is 16.4 Å². The largest absolute Gasteiger partial charge is 0.271 e. The zero-order valence-corrected chi connectivity index (χ0v) is 13.0. The topological polar surface area (TPSA) is 55.9 Å². The summed E-state index contributed by atoms with van der Waals surface area (Å²) in [6.45, 7) is 7.38. The maximum absolute atomic E-state index is 5.66. The van der Waals surface area contributed by atoms with Crippen LogP contribution in [0.3, 0.4) is 0 Å². The monoisotopic (exact) mass is 320 g/mol. The fourth-order valence-corrected chi connectivity index (χ4v) is 3.14. The van der Waals surface area contributed by atoms with Crippen LogP contribution in [0.5, 0.6) is 0 Å². The molecule has 0 saturated heterocycles. The molecule has 1 aromatic rings. The SMILES string of the molecule is CCC(C)SCC(NN)c1c(Br)cnn1CC. The van der Waals surface area contributed by atoms with E-state index in [4.69, 9.17) is 5.84 Å². The molecule has 1 rings (SSSR count). The molecule has 0 aliphatic carbocycles. The van der Waals surface area contributed by atoms with Crippen molar-refractivity contribution in [3.63, 3.8) is 0 Å². The maximum atomic E-state index is 5.66. The Hall–Kier alpha value is -0.0400. The number of hydrogen-bond donors (Lipinski definition) is 2. The Balaban J connectivity index is 2.75. The fourth-order valence-electron chi connectivity index (χ4n) is 1.55. The van der Waals surface area contributed by atoms with Gasteiger partial charge in [-0.2, -0.15) is 16.9 Å². The minimum absolute atomic E-state index is 0.130. The highest BCUT2D eigenvalue weighted by molar-refractivity contribution is 9.10. The first-order valence-electron chi connectivity index (χ1n) is 5.92. The van der Waals surface area contributed by atoms with E-state index in [2.05, 4.69) is 47.2 Å². The molecule has 0 radical (unpaired) electrons. The second-order valence-corrected chi connectivity index (χ2v) is 6.29. The molecular weight excluding hydrogens is 300 g/mol. The van der Waals surface area contributed by atoms with Crippen LogP contribution < -0.4 is 11.3 Å². The van der Waals surface area contributed by atoms with Crippen molar-refractivity contribution >= 4 is 27.7 Å². The van der Waals surface area contributed by atoms with Gasteiger partial charge in [-0.25, -0.2) is 0 Å². The molecule has 17 heavy (non-hydrogen) atoms. The molecule has 98 valence electrons. The normalized spacial score (nSPS) is 14.9. The third kappa shape index (κ3) is 3.98. The molecule has 4 nitrogen and oxygen atoms in total. The van der Waals surface area contributed by atoms with E-state index < -0.39 is 0 Å². The van der Waals surface area contributed by atoms with Gasteiger partial charge < -0.3 is 0 Å². The fraction of sp³-hybridized carbons (Fsp3) is 0.727. The molecular formula is C11H21BrN4S. The summed E-state index contributed by atoms with van der Waals surface area (Å²) in [4.78, 5) is 0. The average Bonchev–Trinajstić information content (AvgIpc) is 2.71. The molecule has 2 atom stereocenters. The number of nitrogens with one attached hydrogen (secondary N) is 1. The molecule has 3 N–H and O–H groups in total. The molecule has 0 saturated carbocycles. The predicted molar refractivity (Wildman–Crippen MR) is 77.9 cm³/mol. The zero-order valence-electron chi connectivity index (χ0n) is 10.6. The minimum Gasteiger partial charge on any atom is -0.271 e. The number of nitrogens with zero attached hydrogens (tertiary/aromatic N) is 2. The second kappa shape index (κ2) is 7.41. The van der Waals surface area contributed by atoms with Gasteiger partial charge in [-0.3, -0.25) is 16.0 Å². The Kier molecular flexibility index (Phi) is 6.54. The van der Waals surface area contributed by atoms with Crippen LogP contribution in [0.4, 0.5) is 0 Å². The van der Waals surface area contributed by atoms with Gasteiger partial charge in [-0.1, -0.05) is 13.8 Å².